The van der Waals surface area contributed by atoms with Crippen LogP contribution >= 0.6 is 0 Å². The van der Waals surface area contributed by atoms with Gasteiger partial charge in [-0.25, -0.2) is 0 Å². The average Bonchev–Trinajstić information content (AvgIpc) is 2.59. The molecule has 0 aliphatic heterocycles. The van der Waals surface area contributed by atoms with Gasteiger partial charge in [0.1, 0.15) is 0 Å². The molecule has 0 unspecified atom stereocenters. The summed E-state index contributed by atoms with van der Waals surface area (Å²) in [5.74, 6) is 0. The summed E-state index contributed by atoms with van der Waals surface area (Å²) < 4.78 is 0. The number of hydrogen-bond donors (Lipinski definition) is 2. The Bertz CT molecular complexity index is 807. The van der Waals surface area contributed by atoms with E-state index < -0.39 is 0 Å². The normalized spacial score (nSPS) is 10.2. The van der Waals surface area contributed by atoms with Gasteiger partial charge in [-0.15, -0.1) is 0 Å². The third-order valence-electron chi connectivity index (χ3n) is 3.65. The molecule has 4 aromatic carbocycles. The van der Waals surface area contributed by atoms with Gasteiger partial charge in [0.25, 0.3) is 0 Å². The van der Waals surface area contributed by atoms with Gasteiger partial charge in [0, 0.05) is 22.1 Å². The molecule has 4 N–H and O–H groups in total. The summed E-state index contributed by atoms with van der Waals surface area (Å²) in [4.78, 5) is 0. The maximum Gasteiger partial charge on any atom is 0.0395 e. The molecule has 0 fully saturated rings. The molecule has 0 saturated heterocycles. The summed E-state index contributed by atoms with van der Waals surface area (Å²) in [6.45, 7) is 0. The molecule has 0 heterocycles. The molecule has 4 rings (SSSR count). The van der Waals surface area contributed by atoms with Gasteiger partial charge in [0.2, 0.25) is 0 Å². The van der Waals surface area contributed by atoms with Crippen molar-refractivity contribution in [1.29, 1.82) is 0 Å². The monoisotopic (exact) mass is 286 g/mol. The van der Waals surface area contributed by atoms with Gasteiger partial charge in [0.15, 0.2) is 0 Å². The zero-order valence-electron chi connectivity index (χ0n) is 12.2. The summed E-state index contributed by atoms with van der Waals surface area (Å²) in [6.07, 6.45) is 0. The molecule has 22 heavy (non-hydrogen) atoms. The maximum atomic E-state index is 5.77. The summed E-state index contributed by atoms with van der Waals surface area (Å²) >= 11 is 0. The second-order valence-electron chi connectivity index (χ2n) is 5.14. The van der Waals surface area contributed by atoms with Crippen molar-refractivity contribution in [2.24, 2.45) is 0 Å². The van der Waals surface area contributed by atoms with Gasteiger partial charge in [0.05, 0.1) is 0 Å². The quantitative estimate of drug-likeness (QED) is 0.454. The predicted molar refractivity (Wildman–Crippen MR) is 96.7 cm³/mol. The van der Waals surface area contributed by atoms with Crippen LogP contribution in [0.3, 0.4) is 0 Å². The fraction of sp³-hybridized carbons (Fsp3) is 0. The van der Waals surface area contributed by atoms with Gasteiger partial charge in [-0.3, -0.25) is 0 Å². The van der Waals surface area contributed by atoms with Crippen LogP contribution in [0.25, 0.3) is 21.5 Å². The number of hydrogen-bond acceptors (Lipinski definition) is 2. The van der Waals surface area contributed by atoms with Gasteiger partial charge < -0.3 is 11.5 Å². The lowest BCUT2D eigenvalue weighted by atomic mass is 10.1. The first-order valence-corrected chi connectivity index (χ1v) is 7.22. The van der Waals surface area contributed by atoms with Crippen molar-refractivity contribution in [1.82, 2.24) is 0 Å². The van der Waals surface area contributed by atoms with Crippen LogP contribution < -0.4 is 11.5 Å². The van der Waals surface area contributed by atoms with E-state index in [2.05, 4.69) is 48.5 Å². The van der Waals surface area contributed by atoms with Gasteiger partial charge in [-0.05, 0) is 22.9 Å². The van der Waals surface area contributed by atoms with E-state index in [1.165, 1.54) is 10.8 Å². The molecule has 0 aliphatic rings. The molecule has 0 bridgehead atoms. The Kier molecular flexibility index (Phi) is 3.92. The molecule has 0 radical (unpaired) electrons. The first-order chi connectivity index (χ1) is 10.8. The Morgan fingerprint density at radius 1 is 0.409 bits per heavy atom. The fourth-order valence-corrected chi connectivity index (χ4v) is 2.48. The topological polar surface area (TPSA) is 52.0 Å². The van der Waals surface area contributed by atoms with Crippen LogP contribution in [0.5, 0.6) is 0 Å². The molecule has 108 valence electrons. The Morgan fingerprint density at radius 2 is 0.727 bits per heavy atom. The van der Waals surface area contributed by atoms with Crippen molar-refractivity contribution in [3.05, 3.63) is 84.9 Å². The SMILES string of the molecule is Nc1ccc(N)c2ccccc12.c1ccc2ccccc2c1. The number of nitrogens with two attached hydrogens (primary N) is 2. The van der Waals surface area contributed by atoms with Crippen molar-refractivity contribution in [2.45, 2.75) is 0 Å². The lowest BCUT2D eigenvalue weighted by Gasteiger charge is -2.03. The minimum absolute atomic E-state index is 0.778. The van der Waals surface area contributed by atoms with E-state index in [0.717, 1.165) is 22.1 Å². The van der Waals surface area contributed by atoms with Crippen LogP contribution in [0.1, 0.15) is 0 Å². The minimum Gasteiger partial charge on any atom is -0.398 e. The largest absolute Gasteiger partial charge is 0.398 e. The maximum absolute atomic E-state index is 5.77. The molecule has 0 saturated carbocycles. The fourth-order valence-electron chi connectivity index (χ4n) is 2.48. The van der Waals surface area contributed by atoms with E-state index in [9.17, 15) is 0 Å². The zero-order chi connectivity index (χ0) is 15.4. The molecule has 0 spiro atoms. The van der Waals surface area contributed by atoms with Crippen LogP contribution in [-0.4, -0.2) is 0 Å². The molecule has 0 aromatic heterocycles. The number of nitrogen functional groups attached to an aromatic ring is 2. The van der Waals surface area contributed by atoms with Crippen molar-refractivity contribution in [3.63, 3.8) is 0 Å². The molecular formula is C20H18N2. The smallest absolute Gasteiger partial charge is 0.0395 e. The second-order valence-corrected chi connectivity index (χ2v) is 5.14. The van der Waals surface area contributed by atoms with Crippen LogP contribution in [0, 0.1) is 0 Å². The molecule has 2 nitrogen and oxygen atoms in total. The van der Waals surface area contributed by atoms with E-state index in [4.69, 9.17) is 11.5 Å². The van der Waals surface area contributed by atoms with E-state index in [-0.39, 0.29) is 0 Å². The average molecular weight is 286 g/mol. The van der Waals surface area contributed by atoms with E-state index >= 15 is 0 Å². The van der Waals surface area contributed by atoms with Gasteiger partial charge >= 0.3 is 0 Å². The second kappa shape index (κ2) is 6.19. The highest BCUT2D eigenvalue weighted by molar-refractivity contribution is 6.00. The lowest BCUT2D eigenvalue weighted by molar-refractivity contribution is 1.71. The number of anilines is 2. The van der Waals surface area contributed by atoms with Gasteiger partial charge in [-0.1, -0.05) is 72.8 Å². The summed E-state index contributed by atoms with van der Waals surface area (Å²) in [6, 6.07) is 28.2. The first kappa shape index (κ1) is 14.0. The van der Waals surface area contributed by atoms with Gasteiger partial charge in [-0.2, -0.15) is 0 Å². The Morgan fingerprint density at radius 3 is 1.09 bits per heavy atom. The van der Waals surface area contributed by atoms with Crippen molar-refractivity contribution in [2.75, 3.05) is 11.5 Å². The first-order valence-electron chi connectivity index (χ1n) is 7.22. The van der Waals surface area contributed by atoms with E-state index in [1.807, 2.05) is 36.4 Å². The standard InChI is InChI=1S/C10H10N2.C10H8/c11-9-5-6-10(12)8-4-2-1-3-7(8)9;1-2-6-10-8-4-3-7-9(10)5-1/h1-6H,11-12H2;1-8H. The van der Waals surface area contributed by atoms with Crippen molar-refractivity contribution in [3.8, 4) is 0 Å². The van der Waals surface area contributed by atoms with Crippen LogP contribution in [0.4, 0.5) is 11.4 Å². The van der Waals surface area contributed by atoms with Crippen molar-refractivity contribution < 1.29 is 0 Å². The third kappa shape index (κ3) is 2.86. The summed E-state index contributed by atoms with van der Waals surface area (Å²) in [7, 11) is 0. The molecular weight excluding hydrogens is 268 g/mol. The highest BCUT2D eigenvalue weighted by Crippen LogP contribution is 2.25. The Labute approximate surface area is 130 Å². The van der Waals surface area contributed by atoms with E-state index in [0.29, 0.717) is 0 Å². The Hall–Kier alpha value is -3.00. The van der Waals surface area contributed by atoms with Crippen LogP contribution in [0.15, 0.2) is 84.9 Å². The summed E-state index contributed by atoms with van der Waals surface area (Å²) in [5.41, 5.74) is 13.1. The number of rotatable bonds is 0. The number of benzene rings is 4. The molecule has 2 heteroatoms. The Balaban J connectivity index is 0.000000133. The molecule has 0 amide bonds. The highest BCUT2D eigenvalue weighted by atomic mass is 14.6. The molecule has 0 atom stereocenters. The highest BCUT2D eigenvalue weighted by Gasteiger charge is 1.98. The third-order valence-corrected chi connectivity index (χ3v) is 3.65. The van der Waals surface area contributed by atoms with Crippen LogP contribution in [0.2, 0.25) is 0 Å². The summed E-state index contributed by atoms with van der Waals surface area (Å²) in [5, 5.41) is 4.67. The minimum atomic E-state index is 0.778. The van der Waals surface area contributed by atoms with E-state index in [1.54, 1.807) is 0 Å². The van der Waals surface area contributed by atoms with Crippen LogP contribution in [-0.2, 0) is 0 Å². The molecule has 0 aliphatic carbocycles. The zero-order valence-corrected chi connectivity index (χ0v) is 12.2. The molecule has 4 aromatic rings. The lowest BCUT2D eigenvalue weighted by Crippen LogP contribution is -1.91. The van der Waals surface area contributed by atoms with Crippen molar-refractivity contribution >= 4 is 32.9 Å². The predicted octanol–water partition coefficient (Wildman–Crippen LogP) is 4.84. The number of fused-ring (bicyclic) bond motifs is 2.